The fraction of sp³-hybridized carbons (Fsp3) is 0.316. The topological polar surface area (TPSA) is 97.1 Å². The molecule has 0 amide bonds. The van der Waals surface area contributed by atoms with Gasteiger partial charge >= 0.3 is 5.97 Å². The standard InChI is InChI=1S/C19H18ClNO7/c1-11-3-15(20)4-12(2)18(11)27-9-17(22)26-8-14-6-16(21(23)24)5-13-7-25-10-28-19(13)14/h3-6H,7-10H2,1-2H3. The van der Waals surface area contributed by atoms with Crippen LogP contribution in [-0.2, 0) is 27.5 Å². The third-order valence-corrected chi connectivity index (χ3v) is 4.35. The molecule has 0 spiro atoms. The van der Waals surface area contributed by atoms with Crippen molar-refractivity contribution in [2.24, 2.45) is 0 Å². The number of esters is 1. The number of non-ortho nitro benzene ring substituents is 1. The van der Waals surface area contributed by atoms with E-state index in [1.807, 2.05) is 13.8 Å². The summed E-state index contributed by atoms with van der Waals surface area (Å²) < 4.78 is 21.3. The Hall–Kier alpha value is -2.84. The van der Waals surface area contributed by atoms with Gasteiger partial charge in [-0.25, -0.2) is 4.79 Å². The Kier molecular flexibility index (Phi) is 6.01. The maximum absolute atomic E-state index is 12.1. The maximum Gasteiger partial charge on any atom is 0.344 e. The van der Waals surface area contributed by atoms with Crippen LogP contribution in [0.1, 0.15) is 22.3 Å². The van der Waals surface area contributed by atoms with E-state index in [2.05, 4.69) is 0 Å². The minimum absolute atomic E-state index is 0.0317. The molecule has 0 atom stereocenters. The van der Waals surface area contributed by atoms with Crippen LogP contribution in [0.15, 0.2) is 24.3 Å². The fourth-order valence-electron chi connectivity index (χ4n) is 2.95. The molecule has 8 nitrogen and oxygen atoms in total. The molecule has 2 aromatic carbocycles. The lowest BCUT2D eigenvalue weighted by Gasteiger charge is -2.20. The molecule has 0 unspecified atom stereocenters. The molecule has 9 heteroatoms. The first-order valence-electron chi connectivity index (χ1n) is 8.41. The van der Waals surface area contributed by atoms with Gasteiger partial charge in [-0.15, -0.1) is 0 Å². The second kappa shape index (κ2) is 8.45. The number of aryl methyl sites for hydroxylation is 2. The SMILES string of the molecule is Cc1cc(Cl)cc(C)c1OCC(=O)OCc1cc([N+](=O)[O-])cc2c1OCOC2. The summed E-state index contributed by atoms with van der Waals surface area (Å²) in [6.45, 7) is 3.40. The van der Waals surface area contributed by atoms with Crippen molar-refractivity contribution in [3.63, 3.8) is 0 Å². The summed E-state index contributed by atoms with van der Waals surface area (Å²) in [6.07, 6.45) is 0. The summed E-state index contributed by atoms with van der Waals surface area (Å²) in [7, 11) is 0. The third-order valence-electron chi connectivity index (χ3n) is 4.13. The molecule has 2 aromatic rings. The fourth-order valence-corrected chi connectivity index (χ4v) is 3.28. The molecule has 1 aliphatic rings. The van der Waals surface area contributed by atoms with E-state index in [9.17, 15) is 14.9 Å². The van der Waals surface area contributed by atoms with Crippen molar-refractivity contribution in [1.82, 2.24) is 0 Å². The number of nitro groups is 1. The van der Waals surface area contributed by atoms with Crippen LogP contribution in [0.5, 0.6) is 11.5 Å². The van der Waals surface area contributed by atoms with E-state index >= 15 is 0 Å². The van der Waals surface area contributed by atoms with Crippen LogP contribution in [0.25, 0.3) is 0 Å². The minimum atomic E-state index is -0.610. The molecule has 0 N–H and O–H groups in total. The lowest BCUT2D eigenvalue weighted by Crippen LogP contribution is -2.17. The van der Waals surface area contributed by atoms with E-state index in [1.54, 1.807) is 12.1 Å². The second-order valence-electron chi connectivity index (χ2n) is 6.28. The van der Waals surface area contributed by atoms with Crippen LogP contribution in [0.2, 0.25) is 5.02 Å². The number of nitro benzene ring substituents is 1. The van der Waals surface area contributed by atoms with E-state index in [0.717, 1.165) is 11.1 Å². The zero-order chi connectivity index (χ0) is 20.3. The molecule has 0 bridgehead atoms. The van der Waals surface area contributed by atoms with E-state index < -0.39 is 10.9 Å². The number of nitrogens with zero attached hydrogens (tertiary/aromatic N) is 1. The van der Waals surface area contributed by atoms with Crippen molar-refractivity contribution < 1.29 is 28.7 Å². The van der Waals surface area contributed by atoms with Gasteiger partial charge < -0.3 is 18.9 Å². The highest BCUT2D eigenvalue weighted by Gasteiger charge is 2.22. The number of benzene rings is 2. The van der Waals surface area contributed by atoms with Crippen molar-refractivity contribution in [1.29, 1.82) is 0 Å². The summed E-state index contributed by atoms with van der Waals surface area (Å²) in [6, 6.07) is 6.19. The summed E-state index contributed by atoms with van der Waals surface area (Å²) >= 11 is 5.98. The third kappa shape index (κ3) is 4.52. The molecule has 1 aliphatic heterocycles. The van der Waals surface area contributed by atoms with E-state index in [0.29, 0.717) is 27.6 Å². The van der Waals surface area contributed by atoms with Crippen LogP contribution in [0, 0.1) is 24.0 Å². The van der Waals surface area contributed by atoms with Gasteiger partial charge in [-0.3, -0.25) is 10.1 Å². The van der Waals surface area contributed by atoms with Crippen molar-refractivity contribution in [2.75, 3.05) is 13.4 Å². The Morgan fingerprint density at radius 3 is 2.64 bits per heavy atom. The molecule has 0 saturated carbocycles. The highest BCUT2D eigenvalue weighted by molar-refractivity contribution is 6.30. The van der Waals surface area contributed by atoms with Gasteiger partial charge in [0.05, 0.1) is 11.5 Å². The average Bonchev–Trinajstić information content (AvgIpc) is 2.64. The Labute approximate surface area is 166 Å². The van der Waals surface area contributed by atoms with Crippen molar-refractivity contribution >= 4 is 23.3 Å². The summed E-state index contributed by atoms with van der Waals surface area (Å²) in [5.41, 5.74) is 2.43. The van der Waals surface area contributed by atoms with E-state index in [4.69, 9.17) is 30.5 Å². The monoisotopic (exact) mass is 407 g/mol. The molecule has 0 aliphatic carbocycles. The lowest BCUT2D eigenvalue weighted by atomic mass is 10.1. The van der Waals surface area contributed by atoms with Crippen molar-refractivity contribution in [3.8, 4) is 11.5 Å². The minimum Gasteiger partial charge on any atom is -0.481 e. The van der Waals surface area contributed by atoms with Crippen molar-refractivity contribution in [3.05, 3.63) is 61.7 Å². The molecule has 0 aromatic heterocycles. The first-order chi connectivity index (χ1) is 13.3. The molecule has 3 rings (SSSR count). The normalized spacial score (nSPS) is 12.7. The Morgan fingerprint density at radius 2 is 1.96 bits per heavy atom. The summed E-state index contributed by atoms with van der Waals surface area (Å²) in [5, 5.41) is 11.7. The van der Waals surface area contributed by atoms with Gasteiger partial charge in [-0.05, 0) is 37.1 Å². The molecule has 1 heterocycles. The smallest absolute Gasteiger partial charge is 0.344 e. The molecular weight excluding hydrogens is 390 g/mol. The molecule has 0 radical (unpaired) electrons. The quantitative estimate of drug-likeness (QED) is 0.407. The van der Waals surface area contributed by atoms with Gasteiger partial charge in [0, 0.05) is 28.3 Å². The zero-order valence-electron chi connectivity index (χ0n) is 15.3. The van der Waals surface area contributed by atoms with Crippen LogP contribution < -0.4 is 9.47 Å². The molecule has 148 valence electrons. The second-order valence-corrected chi connectivity index (χ2v) is 6.72. The van der Waals surface area contributed by atoms with Gasteiger partial charge in [-0.2, -0.15) is 0 Å². The van der Waals surface area contributed by atoms with E-state index in [1.165, 1.54) is 12.1 Å². The predicted molar refractivity (Wildman–Crippen MR) is 99.6 cm³/mol. The predicted octanol–water partition coefficient (Wildman–Crippen LogP) is 3.85. The number of ether oxygens (including phenoxy) is 4. The van der Waals surface area contributed by atoms with Gasteiger partial charge in [-0.1, -0.05) is 11.6 Å². The lowest BCUT2D eigenvalue weighted by molar-refractivity contribution is -0.385. The molecule has 0 fully saturated rings. The number of carbonyl (C=O) groups excluding carboxylic acids is 1. The first-order valence-corrected chi connectivity index (χ1v) is 8.79. The van der Waals surface area contributed by atoms with Crippen LogP contribution in [0.4, 0.5) is 5.69 Å². The highest BCUT2D eigenvalue weighted by Crippen LogP contribution is 2.33. The summed E-state index contributed by atoms with van der Waals surface area (Å²) in [5.74, 6) is 0.394. The van der Waals surface area contributed by atoms with Gasteiger partial charge in [0.1, 0.15) is 18.1 Å². The van der Waals surface area contributed by atoms with Crippen LogP contribution in [-0.4, -0.2) is 24.3 Å². The number of hydrogen-bond acceptors (Lipinski definition) is 7. The molecular formula is C19H18ClNO7. The molecule has 28 heavy (non-hydrogen) atoms. The maximum atomic E-state index is 12.1. The zero-order valence-corrected chi connectivity index (χ0v) is 16.1. The summed E-state index contributed by atoms with van der Waals surface area (Å²) in [4.78, 5) is 22.7. The first kappa shape index (κ1) is 19.9. The highest BCUT2D eigenvalue weighted by atomic mass is 35.5. The number of halogens is 1. The van der Waals surface area contributed by atoms with Gasteiger partial charge in [0.25, 0.3) is 5.69 Å². The largest absolute Gasteiger partial charge is 0.481 e. The Bertz CT molecular complexity index is 906. The Morgan fingerprint density at radius 1 is 1.25 bits per heavy atom. The Balaban J connectivity index is 1.66. The number of fused-ring (bicyclic) bond motifs is 1. The number of rotatable bonds is 6. The number of hydrogen-bond donors (Lipinski definition) is 0. The van der Waals surface area contributed by atoms with Gasteiger partial charge in [0.15, 0.2) is 13.4 Å². The average molecular weight is 408 g/mol. The van der Waals surface area contributed by atoms with Crippen LogP contribution in [0.3, 0.4) is 0 Å². The van der Waals surface area contributed by atoms with Crippen molar-refractivity contribution in [2.45, 2.75) is 27.1 Å². The van der Waals surface area contributed by atoms with E-state index in [-0.39, 0.29) is 32.3 Å². The van der Waals surface area contributed by atoms with Crippen LogP contribution >= 0.6 is 11.6 Å². The van der Waals surface area contributed by atoms with Gasteiger partial charge in [0.2, 0.25) is 0 Å². The number of carbonyl (C=O) groups is 1. The molecule has 0 saturated heterocycles.